The fraction of sp³-hybridized carbons (Fsp3) is 1.00. The maximum absolute atomic E-state index is 0. The Morgan fingerprint density at radius 2 is 1.00 bits per heavy atom. The monoisotopic (exact) mass is 214 g/mol. The zero-order valence-corrected chi connectivity index (χ0v) is 8.83. The Morgan fingerprint density at radius 3 is 1.00 bits per heavy atom. The van der Waals surface area contributed by atoms with Crippen molar-refractivity contribution in [1.29, 1.82) is 0 Å². The molecule has 0 unspecified atom stereocenters. The van der Waals surface area contributed by atoms with Gasteiger partial charge >= 0.3 is 0 Å². The summed E-state index contributed by atoms with van der Waals surface area (Å²) in [5.41, 5.74) is 0. The van der Waals surface area contributed by atoms with E-state index >= 15 is 0 Å². The Kier molecular flexibility index (Phi) is 313. The predicted octanol–water partition coefficient (Wildman–Crippen LogP) is 0.784. The van der Waals surface area contributed by atoms with Crippen LogP contribution in [0.3, 0.4) is 0 Å². The van der Waals surface area contributed by atoms with Crippen LogP contribution in [0.1, 0.15) is 7.43 Å². The van der Waals surface area contributed by atoms with Crippen LogP contribution in [0.15, 0.2) is 0 Å². The second-order valence-electron chi connectivity index (χ2n) is 0. The molecular weight excluding hydrogens is 209 g/mol. The number of rotatable bonds is 0. The average molecular weight is 214 g/mol. The molecule has 0 aromatic heterocycles. The van der Waals surface area contributed by atoms with E-state index in [4.69, 9.17) is 0 Å². The van der Waals surface area contributed by atoms with Crippen molar-refractivity contribution in [3.63, 3.8) is 0 Å². The largest absolute Gasteiger partial charge is 0.269 e. The van der Waals surface area contributed by atoms with E-state index in [9.17, 15) is 0 Å². The third-order valence-electron chi connectivity index (χ3n) is 0. The molecular formula is CH5CdFZn. The van der Waals surface area contributed by atoms with Gasteiger partial charge in [-0.05, 0) is 0 Å². The van der Waals surface area contributed by atoms with Crippen molar-refractivity contribution in [2.45, 2.75) is 7.43 Å². The molecule has 0 aliphatic rings. The van der Waals surface area contributed by atoms with Crippen molar-refractivity contribution >= 4 is 0 Å². The van der Waals surface area contributed by atoms with Crippen LogP contribution < -0.4 is 0 Å². The molecule has 0 fully saturated rings. The summed E-state index contributed by atoms with van der Waals surface area (Å²) < 4.78 is 0. The molecule has 0 nitrogen and oxygen atoms in total. The van der Waals surface area contributed by atoms with Gasteiger partial charge in [-0.15, -0.1) is 0 Å². The van der Waals surface area contributed by atoms with Crippen LogP contribution in [0.4, 0.5) is 4.70 Å². The maximum atomic E-state index is 0. The third kappa shape index (κ3) is 9.78. The van der Waals surface area contributed by atoms with Gasteiger partial charge in [0, 0.05) is 46.8 Å². The molecule has 0 rings (SSSR count). The first-order valence-electron chi connectivity index (χ1n) is 0. The van der Waals surface area contributed by atoms with E-state index in [0.29, 0.717) is 0 Å². The number of halogens is 1. The molecule has 0 N–H and O–H groups in total. The van der Waals surface area contributed by atoms with Gasteiger partial charge in [-0.25, -0.2) is 0 Å². The van der Waals surface area contributed by atoms with Gasteiger partial charge in [-0.2, -0.15) is 0 Å². The first kappa shape index (κ1) is 50.4. The molecule has 0 saturated heterocycles. The summed E-state index contributed by atoms with van der Waals surface area (Å²) in [7, 11) is 0. The second kappa shape index (κ2) is 24.8. The second-order valence-corrected chi connectivity index (χ2v) is 0. The molecule has 0 bridgehead atoms. The first-order valence-corrected chi connectivity index (χ1v) is 0. The molecule has 0 aromatic carbocycles. The Morgan fingerprint density at radius 1 is 1.00 bits per heavy atom. The smallest absolute Gasteiger partial charge is 0 e. The van der Waals surface area contributed by atoms with Crippen LogP contribution >= 0.6 is 0 Å². The van der Waals surface area contributed by atoms with Crippen LogP contribution in [-0.2, 0) is 46.8 Å². The van der Waals surface area contributed by atoms with Gasteiger partial charge in [0.25, 0.3) is 0 Å². The maximum Gasteiger partial charge on any atom is 0 e. The molecule has 0 radical (unpaired) electrons. The first-order chi connectivity index (χ1) is 0. The summed E-state index contributed by atoms with van der Waals surface area (Å²) in [6, 6.07) is 0. The van der Waals surface area contributed by atoms with Crippen molar-refractivity contribution in [3.8, 4) is 0 Å². The SMILES string of the molecule is C.F.[Cd].[Zn]. The van der Waals surface area contributed by atoms with Gasteiger partial charge in [0.05, 0.1) is 0 Å². The Hall–Kier alpha value is 1.48. The molecule has 0 spiro atoms. The standard InChI is InChI=1S/CH4.Cd.FH.Zn/h1H4;;1H;. The zero-order valence-electron chi connectivity index (χ0n) is 1.82. The molecule has 0 heterocycles. The summed E-state index contributed by atoms with van der Waals surface area (Å²) in [6.45, 7) is 0. The predicted molar refractivity (Wildman–Crippen MR) is 9.23 cm³/mol. The van der Waals surface area contributed by atoms with Gasteiger partial charge < -0.3 is 0 Å². The van der Waals surface area contributed by atoms with Gasteiger partial charge in [0.2, 0.25) is 0 Å². The minimum Gasteiger partial charge on any atom is -0.269 e. The van der Waals surface area contributed by atoms with Crippen LogP contribution in [0.2, 0.25) is 0 Å². The van der Waals surface area contributed by atoms with Crippen molar-refractivity contribution < 1.29 is 51.5 Å². The van der Waals surface area contributed by atoms with Crippen LogP contribution in [0, 0.1) is 0 Å². The van der Waals surface area contributed by atoms with Gasteiger partial charge in [0.15, 0.2) is 0 Å². The van der Waals surface area contributed by atoms with Crippen molar-refractivity contribution in [2.75, 3.05) is 0 Å². The fourth-order valence-corrected chi connectivity index (χ4v) is 0. The van der Waals surface area contributed by atoms with E-state index in [2.05, 4.69) is 0 Å². The third-order valence-corrected chi connectivity index (χ3v) is 0. The summed E-state index contributed by atoms with van der Waals surface area (Å²) in [4.78, 5) is 0. The molecule has 3 heteroatoms. The Balaban J connectivity index is 0. The quantitative estimate of drug-likeness (QED) is 0.522. The normalized spacial score (nSPS) is 0. The van der Waals surface area contributed by atoms with Crippen LogP contribution in [0.25, 0.3) is 0 Å². The minimum absolute atomic E-state index is 0. The minimum atomic E-state index is 0. The number of hydrogen-bond acceptors (Lipinski definition) is 0. The van der Waals surface area contributed by atoms with Gasteiger partial charge in [-0.1, -0.05) is 7.43 Å². The Bertz CT molecular complexity index is 8.00. The molecule has 20 valence electrons. The van der Waals surface area contributed by atoms with E-state index in [-0.39, 0.29) is 58.9 Å². The summed E-state index contributed by atoms with van der Waals surface area (Å²) in [5, 5.41) is 0. The van der Waals surface area contributed by atoms with E-state index in [1.165, 1.54) is 0 Å². The summed E-state index contributed by atoms with van der Waals surface area (Å²) in [5.74, 6) is 0. The fourth-order valence-electron chi connectivity index (χ4n) is 0. The van der Waals surface area contributed by atoms with Gasteiger partial charge in [0.1, 0.15) is 0 Å². The molecule has 0 amide bonds. The summed E-state index contributed by atoms with van der Waals surface area (Å²) in [6.07, 6.45) is 0. The molecule has 0 aliphatic carbocycles. The zero-order chi connectivity index (χ0) is 0. The molecule has 0 atom stereocenters. The van der Waals surface area contributed by atoms with Crippen molar-refractivity contribution in [3.05, 3.63) is 0 Å². The molecule has 4 heavy (non-hydrogen) atoms. The molecule has 0 aromatic rings. The van der Waals surface area contributed by atoms with E-state index in [1.54, 1.807) is 0 Å². The Labute approximate surface area is 58.6 Å². The number of hydrogen-bond donors (Lipinski definition) is 0. The van der Waals surface area contributed by atoms with E-state index in [1.807, 2.05) is 0 Å². The molecule has 0 saturated carbocycles. The van der Waals surface area contributed by atoms with Crippen molar-refractivity contribution in [1.82, 2.24) is 0 Å². The van der Waals surface area contributed by atoms with E-state index in [0.717, 1.165) is 0 Å². The van der Waals surface area contributed by atoms with E-state index < -0.39 is 0 Å². The van der Waals surface area contributed by atoms with Crippen molar-refractivity contribution in [2.24, 2.45) is 0 Å². The van der Waals surface area contributed by atoms with Crippen LogP contribution in [0.5, 0.6) is 0 Å². The molecule has 0 aliphatic heterocycles. The van der Waals surface area contributed by atoms with Gasteiger partial charge in [-0.3, -0.25) is 4.70 Å². The summed E-state index contributed by atoms with van der Waals surface area (Å²) >= 11 is 0. The van der Waals surface area contributed by atoms with Crippen LogP contribution in [-0.4, -0.2) is 0 Å². The topological polar surface area (TPSA) is 0 Å². The average Bonchev–Trinajstić information content (AvgIpc) is 0.